The molecular formula is C16H23N3O2. The van der Waals surface area contributed by atoms with E-state index in [1.165, 1.54) is 6.42 Å². The summed E-state index contributed by atoms with van der Waals surface area (Å²) in [5, 5.41) is 15.7. The number of nitrogens with zero attached hydrogens (tertiary/aromatic N) is 1. The van der Waals surface area contributed by atoms with Crippen LogP contribution < -0.4 is 10.6 Å². The molecule has 5 nitrogen and oxygen atoms in total. The molecule has 21 heavy (non-hydrogen) atoms. The Bertz CT molecular complexity index is 502. The second kappa shape index (κ2) is 6.35. The first-order chi connectivity index (χ1) is 10.3. The SMILES string of the molecule is O=C(C1CNc2ccccc2N1)N(CCCO)C1CCC1. The molecule has 3 rings (SSSR count). The third-order valence-electron chi connectivity index (χ3n) is 4.41. The van der Waals surface area contributed by atoms with Crippen LogP contribution in [0, 0.1) is 0 Å². The minimum absolute atomic E-state index is 0.135. The molecule has 1 aliphatic carbocycles. The number of fused-ring (bicyclic) bond motifs is 1. The maximum atomic E-state index is 12.8. The van der Waals surface area contributed by atoms with Gasteiger partial charge < -0.3 is 20.6 Å². The average Bonchev–Trinajstić information content (AvgIpc) is 2.48. The first-order valence-electron chi connectivity index (χ1n) is 7.80. The minimum atomic E-state index is -0.223. The largest absolute Gasteiger partial charge is 0.396 e. The number of benzene rings is 1. The van der Waals surface area contributed by atoms with Gasteiger partial charge in [0.1, 0.15) is 6.04 Å². The van der Waals surface area contributed by atoms with Gasteiger partial charge in [0, 0.05) is 25.7 Å². The lowest BCUT2D eigenvalue weighted by molar-refractivity contribution is -0.136. The van der Waals surface area contributed by atoms with E-state index in [1.54, 1.807) is 0 Å². The Morgan fingerprint density at radius 1 is 1.29 bits per heavy atom. The molecule has 5 heteroatoms. The molecule has 0 aromatic heterocycles. The Hall–Kier alpha value is -1.75. The molecule has 0 radical (unpaired) electrons. The molecule has 1 aromatic carbocycles. The lowest BCUT2D eigenvalue weighted by Crippen LogP contribution is -2.53. The summed E-state index contributed by atoms with van der Waals surface area (Å²) in [5.41, 5.74) is 2.03. The van der Waals surface area contributed by atoms with Crippen LogP contribution in [-0.4, -0.2) is 47.7 Å². The number of hydrogen-bond acceptors (Lipinski definition) is 4. The number of hydrogen-bond donors (Lipinski definition) is 3. The highest BCUT2D eigenvalue weighted by atomic mass is 16.3. The predicted octanol–water partition coefficient (Wildman–Crippen LogP) is 1.66. The lowest BCUT2D eigenvalue weighted by Gasteiger charge is -2.40. The molecule has 1 saturated carbocycles. The van der Waals surface area contributed by atoms with Gasteiger partial charge in [-0.2, -0.15) is 0 Å². The van der Waals surface area contributed by atoms with Gasteiger partial charge in [0.05, 0.1) is 11.4 Å². The summed E-state index contributed by atoms with van der Waals surface area (Å²) < 4.78 is 0. The first kappa shape index (κ1) is 14.2. The number of carbonyl (C=O) groups excluding carboxylic acids is 1. The second-order valence-corrected chi connectivity index (χ2v) is 5.82. The predicted molar refractivity (Wildman–Crippen MR) is 83.4 cm³/mol. The van der Waals surface area contributed by atoms with Crippen molar-refractivity contribution in [2.45, 2.75) is 37.8 Å². The number of aliphatic hydroxyl groups is 1. The highest BCUT2D eigenvalue weighted by Crippen LogP contribution is 2.29. The number of nitrogens with one attached hydrogen (secondary N) is 2. The zero-order valence-corrected chi connectivity index (χ0v) is 12.2. The summed E-state index contributed by atoms with van der Waals surface area (Å²) in [7, 11) is 0. The van der Waals surface area contributed by atoms with E-state index in [0.29, 0.717) is 25.6 Å². The maximum absolute atomic E-state index is 12.8. The summed E-state index contributed by atoms with van der Waals surface area (Å²) in [5.74, 6) is 0.148. The van der Waals surface area contributed by atoms with Crippen LogP contribution in [0.2, 0.25) is 0 Å². The van der Waals surface area contributed by atoms with Crippen molar-refractivity contribution in [3.63, 3.8) is 0 Å². The first-order valence-corrected chi connectivity index (χ1v) is 7.80. The van der Waals surface area contributed by atoms with Gasteiger partial charge in [-0.15, -0.1) is 0 Å². The normalized spacial score (nSPS) is 20.7. The van der Waals surface area contributed by atoms with Crippen LogP contribution in [-0.2, 0) is 4.79 Å². The van der Waals surface area contributed by atoms with Crippen LogP contribution in [0.3, 0.4) is 0 Å². The van der Waals surface area contributed by atoms with Crippen molar-refractivity contribution >= 4 is 17.3 Å². The number of carbonyl (C=O) groups is 1. The molecule has 1 heterocycles. The third kappa shape index (κ3) is 2.97. The van der Waals surface area contributed by atoms with Crippen molar-refractivity contribution in [1.82, 2.24) is 4.90 Å². The summed E-state index contributed by atoms with van der Waals surface area (Å²) in [6.45, 7) is 1.40. The van der Waals surface area contributed by atoms with Crippen LogP contribution in [0.25, 0.3) is 0 Å². The number of aliphatic hydroxyl groups excluding tert-OH is 1. The van der Waals surface area contributed by atoms with Gasteiger partial charge >= 0.3 is 0 Å². The van der Waals surface area contributed by atoms with Gasteiger partial charge in [-0.05, 0) is 37.8 Å². The smallest absolute Gasteiger partial charge is 0.247 e. The molecule has 1 aliphatic heterocycles. The molecule has 1 aromatic rings. The fourth-order valence-electron chi connectivity index (χ4n) is 2.98. The summed E-state index contributed by atoms with van der Waals surface area (Å²) in [4.78, 5) is 14.8. The number of para-hydroxylation sites is 2. The van der Waals surface area contributed by atoms with Crippen LogP contribution in [0.1, 0.15) is 25.7 Å². The minimum Gasteiger partial charge on any atom is -0.396 e. The molecule has 1 atom stereocenters. The number of rotatable bonds is 5. The van der Waals surface area contributed by atoms with Gasteiger partial charge in [0.2, 0.25) is 5.91 Å². The molecule has 0 saturated heterocycles. The molecule has 1 unspecified atom stereocenters. The quantitative estimate of drug-likeness (QED) is 0.771. The van der Waals surface area contributed by atoms with Crippen molar-refractivity contribution in [3.05, 3.63) is 24.3 Å². The molecule has 0 spiro atoms. The van der Waals surface area contributed by atoms with Gasteiger partial charge in [-0.25, -0.2) is 0 Å². The Morgan fingerprint density at radius 2 is 2.05 bits per heavy atom. The van der Waals surface area contributed by atoms with E-state index < -0.39 is 0 Å². The molecule has 1 fully saturated rings. The van der Waals surface area contributed by atoms with E-state index in [-0.39, 0.29) is 18.6 Å². The van der Waals surface area contributed by atoms with E-state index in [4.69, 9.17) is 5.11 Å². The second-order valence-electron chi connectivity index (χ2n) is 5.82. The van der Waals surface area contributed by atoms with Gasteiger partial charge in [0.25, 0.3) is 0 Å². The van der Waals surface area contributed by atoms with Crippen LogP contribution in [0.5, 0.6) is 0 Å². The highest BCUT2D eigenvalue weighted by Gasteiger charge is 2.33. The molecule has 114 valence electrons. The Balaban J connectivity index is 1.68. The van der Waals surface area contributed by atoms with Crippen molar-refractivity contribution in [2.75, 3.05) is 30.3 Å². The molecule has 1 amide bonds. The van der Waals surface area contributed by atoms with E-state index in [1.807, 2.05) is 29.2 Å². The van der Waals surface area contributed by atoms with Gasteiger partial charge in [0.15, 0.2) is 0 Å². The van der Waals surface area contributed by atoms with Crippen molar-refractivity contribution in [2.24, 2.45) is 0 Å². The van der Waals surface area contributed by atoms with Gasteiger partial charge in [-0.3, -0.25) is 4.79 Å². The zero-order valence-electron chi connectivity index (χ0n) is 12.2. The number of anilines is 2. The monoisotopic (exact) mass is 289 g/mol. The van der Waals surface area contributed by atoms with E-state index in [0.717, 1.165) is 24.2 Å². The third-order valence-corrected chi connectivity index (χ3v) is 4.41. The molecule has 0 bridgehead atoms. The van der Waals surface area contributed by atoms with E-state index >= 15 is 0 Å². The van der Waals surface area contributed by atoms with E-state index in [2.05, 4.69) is 10.6 Å². The lowest BCUT2D eigenvalue weighted by atomic mass is 9.90. The Kier molecular flexibility index (Phi) is 4.29. The molecule has 3 N–H and O–H groups in total. The fraction of sp³-hybridized carbons (Fsp3) is 0.562. The summed E-state index contributed by atoms with van der Waals surface area (Å²) in [6.07, 6.45) is 4.04. The topological polar surface area (TPSA) is 64.6 Å². The number of amides is 1. The van der Waals surface area contributed by atoms with E-state index in [9.17, 15) is 4.79 Å². The average molecular weight is 289 g/mol. The maximum Gasteiger partial charge on any atom is 0.247 e. The van der Waals surface area contributed by atoms with Crippen LogP contribution in [0.4, 0.5) is 11.4 Å². The highest BCUT2D eigenvalue weighted by molar-refractivity contribution is 5.89. The van der Waals surface area contributed by atoms with Crippen molar-refractivity contribution < 1.29 is 9.90 Å². The van der Waals surface area contributed by atoms with Crippen LogP contribution in [0.15, 0.2) is 24.3 Å². The Labute approximate surface area is 125 Å². The van der Waals surface area contributed by atoms with Crippen molar-refractivity contribution in [1.29, 1.82) is 0 Å². The standard InChI is InChI=1S/C16H23N3O2/c20-10-4-9-19(12-5-3-6-12)16(21)15-11-17-13-7-1-2-8-14(13)18-15/h1-2,7-8,12,15,17-18,20H,3-6,9-11H2. The van der Waals surface area contributed by atoms with Gasteiger partial charge in [-0.1, -0.05) is 12.1 Å². The fourth-order valence-corrected chi connectivity index (χ4v) is 2.98. The van der Waals surface area contributed by atoms with Crippen molar-refractivity contribution in [3.8, 4) is 0 Å². The van der Waals surface area contributed by atoms with Crippen LogP contribution >= 0.6 is 0 Å². The summed E-state index contributed by atoms with van der Waals surface area (Å²) in [6, 6.07) is 8.09. The zero-order chi connectivity index (χ0) is 14.7. The molecule has 2 aliphatic rings. The summed E-state index contributed by atoms with van der Waals surface area (Å²) >= 11 is 0. The Morgan fingerprint density at radius 3 is 2.71 bits per heavy atom. The molecular weight excluding hydrogens is 266 g/mol.